The van der Waals surface area contributed by atoms with Gasteiger partial charge in [0.15, 0.2) is 0 Å². The van der Waals surface area contributed by atoms with Crippen molar-refractivity contribution in [1.29, 1.82) is 0 Å². The second-order valence-corrected chi connectivity index (χ2v) is 19.6. The molecule has 8 atom stereocenters. The summed E-state index contributed by atoms with van der Waals surface area (Å²) in [6, 6.07) is 18.5. The molecule has 0 saturated carbocycles. The zero-order chi connectivity index (χ0) is 54.6. The van der Waals surface area contributed by atoms with Crippen molar-refractivity contribution in [1.82, 2.24) is 36.0 Å². The van der Waals surface area contributed by atoms with E-state index in [-0.39, 0.29) is 57.6 Å². The third-order valence-corrected chi connectivity index (χ3v) is 13.0. The first-order valence-electron chi connectivity index (χ1n) is 25.1. The highest BCUT2D eigenvalue weighted by molar-refractivity contribution is 5.95. The molecule has 3 aromatic carbocycles. The average molecular weight is 1030 g/mol. The Balaban J connectivity index is 1.50. The van der Waals surface area contributed by atoms with Crippen LogP contribution in [-0.2, 0) is 62.5 Å². The molecular formula is C54H74N8O12. The molecule has 0 radical (unpaired) electrons. The molecule has 8 N–H and O–H groups in total. The SMILES string of the molecule is CC(C)C[C@H](NC(=O)C[C@H](O)[C@H](Cc1ccccc1)NC(=O)[C@H](CCC(N)=O)N(C)C(=O)[C@@H](NC(=O)OCc1ccccc1)C(C)C)C(=O)N[C@@H](C)C(=O)N(C)[C@H](Cc1ccccc1)C(=O)N1CCC[C@H]1C(=O)O. The quantitative estimate of drug-likeness (QED) is 0.0581. The molecule has 3 aromatic rings. The molecule has 74 heavy (non-hydrogen) atoms. The summed E-state index contributed by atoms with van der Waals surface area (Å²) < 4.78 is 5.35. The topological polar surface area (TPSA) is 287 Å². The van der Waals surface area contributed by atoms with Crippen molar-refractivity contribution in [2.45, 2.75) is 141 Å². The highest BCUT2D eigenvalue weighted by atomic mass is 16.5. The molecule has 20 nitrogen and oxygen atoms in total. The first-order valence-corrected chi connectivity index (χ1v) is 25.1. The van der Waals surface area contributed by atoms with Gasteiger partial charge in [-0.2, -0.15) is 0 Å². The van der Waals surface area contributed by atoms with Gasteiger partial charge in [-0.3, -0.25) is 33.6 Å². The van der Waals surface area contributed by atoms with E-state index in [1.807, 2.05) is 19.9 Å². The van der Waals surface area contributed by atoms with Crippen LogP contribution in [0, 0.1) is 11.8 Å². The van der Waals surface area contributed by atoms with Crippen molar-refractivity contribution >= 4 is 53.4 Å². The molecule has 1 aliphatic rings. The van der Waals surface area contributed by atoms with Crippen LogP contribution in [-0.4, -0.2) is 147 Å². The van der Waals surface area contributed by atoms with Crippen LogP contribution in [0.15, 0.2) is 91.0 Å². The van der Waals surface area contributed by atoms with Crippen molar-refractivity contribution in [2.75, 3.05) is 20.6 Å². The fourth-order valence-corrected chi connectivity index (χ4v) is 8.82. The summed E-state index contributed by atoms with van der Waals surface area (Å²) in [5.74, 6) is -6.62. The Morgan fingerprint density at radius 1 is 0.716 bits per heavy atom. The zero-order valence-corrected chi connectivity index (χ0v) is 43.4. The predicted molar refractivity (Wildman–Crippen MR) is 274 cm³/mol. The molecule has 1 aliphatic heterocycles. The molecule has 0 bridgehead atoms. The van der Waals surface area contributed by atoms with E-state index in [4.69, 9.17) is 10.5 Å². The molecule has 0 aromatic heterocycles. The van der Waals surface area contributed by atoms with Gasteiger partial charge in [0.1, 0.15) is 42.9 Å². The maximum atomic E-state index is 14.3. The average Bonchev–Trinajstić information content (AvgIpc) is 3.87. The minimum absolute atomic E-state index is 0.0101. The Bertz CT molecular complexity index is 2370. The van der Waals surface area contributed by atoms with Gasteiger partial charge in [-0.15, -0.1) is 0 Å². The van der Waals surface area contributed by atoms with Crippen molar-refractivity contribution in [2.24, 2.45) is 17.6 Å². The molecule has 1 saturated heterocycles. The number of carbonyl (C=O) groups is 9. The highest BCUT2D eigenvalue weighted by Gasteiger charge is 2.41. The number of hydrogen-bond acceptors (Lipinski definition) is 11. The summed E-state index contributed by atoms with van der Waals surface area (Å²) in [6.45, 7) is 8.63. The lowest BCUT2D eigenvalue weighted by molar-refractivity contribution is -0.152. The number of nitrogens with one attached hydrogen (secondary N) is 4. The molecule has 8 amide bonds. The number of alkyl carbamates (subject to hydrolysis) is 1. The Morgan fingerprint density at radius 2 is 1.27 bits per heavy atom. The number of rotatable bonds is 27. The molecule has 402 valence electrons. The van der Waals surface area contributed by atoms with Gasteiger partial charge >= 0.3 is 12.1 Å². The summed E-state index contributed by atoms with van der Waals surface area (Å²) in [7, 11) is 2.76. The van der Waals surface area contributed by atoms with Crippen molar-refractivity contribution < 1.29 is 58.1 Å². The minimum atomic E-state index is -1.58. The van der Waals surface area contributed by atoms with Crippen LogP contribution in [0.2, 0.25) is 0 Å². The lowest BCUT2D eigenvalue weighted by atomic mass is 9.97. The summed E-state index contributed by atoms with van der Waals surface area (Å²) in [5.41, 5.74) is 7.62. The summed E-state index contributed by atoms with van der Waals surface area (Å²) in [4.78, 5) is 125. The summed E-state index contributed by atoms with van der Waals surface area (Å²) in [6.07, 6.45) is -2.61. The van der Waals surface area contributed by atoms with Crippen LogP contribution in [0.5, 0.6) is 0 Å². The number of carboxylic acids is 1. The molecule has 20 heteroatoms. The third-order valence-electron chi connectivity index (χ3n) is 13.0. The van der Waals surface area contributed by atoms with Crippen LogP contribution in [0.25, 0.3) is 0 Å². The number of likely N-dealkylation sites (N-methyl/N-ethyl adjacent to an activating group) is 2. The smallest absolute Gasteiger partial charge is 0.408 e. The fourth-order valence-electron chi connectivity index (χ4n) is 8.82. The molecule has 0 unspecified atom stereocenters. The van der Waals surface area contributed by atoms with Gasteiger partial charge < -0.3 is 56.7 Å². The standard InChI is InChI=1S/C54H74N8O12/c1-33(2)28-40(48(66)56-35(5)50(68)61(7)43(30-37-20-13-9-14-21-37)51(69)62-27-17-24-42(62)53(71)72)57-46(65)31-44(63)39(29-36-18-11-8-12-19-36)58-49(67)41(25-26-45(55)64)60(6)52(70)47(34(3)4)59-54(73)74-32-38-22-15-10-16-23-38/h8-16,18-23,33-35,39-44,47,63H,17,24-32H2,1-7H3,(H2,55,64)(H,56,66)(H,57,65)(H,58,67)(H,59,73)(H,71,72)/t35-,39-,40-,41-,42-,43+,44-,47-/m0/s1. The third kappa shape index (κ3) is 18.0. The Labute approximate surface area is 433 Å². The number of aliphatic hydroxyl groups excluding tert-OH is 1. The first kappa shape index (κ1) is 59.2. The van der Waals surface area contributed by atoms with E-state index in [0.29, 0.717) is 12.0 Å². The number of aliphatic carboxylic acids is 1. The van der Waals surface area contributed by atoms with Crippen LogP contribution in [0.3, 0.4) is 0 Å². The van der Waals surface area contributed by atoms with Gasteiger partial charge in [-0.25, -0.2) is 9.59 Å². The van der Waals surface area contributed by atoms with Gasteiger partial charge in [0, 0.05) is 33.5 Å². The number of benzene rings is 3. The second-order valence-electron chi connectivity index (χ2n) is 19.6. The number of carboxylic acid groups (broad SMARTS) is 1. The maximum Gasteiger partial charge on any atom is 0.408 e. The van der Waals surface area contributed by atoms with E-state index >= 15 is 0 Å². The molecule has 0 spiro atoms. The molecule has 0 aliphatic carbocycles. The Morgan fingerprint density at radius 3 is 1.81 bits per heavy atom. The number of nitrogens with two attached hydrogens (primary N) is 1. The Kier molecular flexibility index (Phi) is 23.0. The largest absolute Gasteiger partial charge is 0.480 e. The number of likely N-dealkylation sites (tertiary alicyclic amines) is 1. The van der Waals surface area contributed by atoms with E-state index in [1.165, 1.54) is 30.8 Å². The lowest BCUT2D eigenvalue weighted by Gasteiger charge is -2.34. The number of primary amides is 1. The first-order chi connectivity index (χ1) is 35.1. The van der Waals surface area contributed by atoms with E-state index in [9.17, 15) is 53.4 Å². The van der Waals surface area contributed by atoms with Crippen molar-refractivity contribution in [3.05, 3.63) is 108 Å². The van der Waals surface area contributed by atoms with E-state index in [0.717, 1.165) is 16.0 Å². The molecule has 1 heterocycles. The molecule has 4 rings (SSSR count). The van der Waals surface area contributed by atoms with Crippen LogP contribution < -0.4 is 27.0 Å². The van der Waals surface area contributed by atoms with Gasteiger partial charge in [-0.1, -0.05) is 119 Å². The van der Waals surface area contributed by atoms with Gasteiger partial charge in [0.05, 0.1) is 18.6 Å². The second kappa shape index (κ2) is 28.8. The van der Waals surface area contributed by atoms with E-state index in [2.05, 4.69) is 21.3 Å². The summed E-state index contributed by atoms with van der Waals surface area (Å²) >= 11 is 0. The number of carbonyl (C=O) groups excluding carboxylic acids is 8. The van der Waals surface area contributed by atoms with Crippen molar-refractivity contribution in [3.63, 3.8) is 0 Å². The highest BCUT2D eigenvalue weighted by Crippen LogP contribution is 2.22. The van der Waals surface area contributed by atoms with E-state index < -0.39 is 114 Å². The maximum absolute atomic E-state index is 14.3. The van der Waals surface area contributed by atoms with Gasteiger partial charge in [0.25, 0.3) is 0 Å². The monoisotopic (exact) mass is 1030 g/mol. The predicted octanol–water partition coefficient (Wildman–Crippen LogP) is 2.69. The van der Waals surface area contributed by atoms with Crippen LogP contribution in [0.4, 0.5) is 4.79 Å². The number of ether oxygens (including phenoxy) is 1. The van der Waals surface area contributed by atoms with Gasteiger partial charge in [-0.05, 0) is 67.6 Å². The molecule has 1 fully saturated rings. The van der Waals surface area contributed by atoms with E-state index in [1.54, 1.807) is 98.8 Å². The van der Waals surface area contributed by atoms with Crippen LogP contribution >= 0.6 is 0 Å². The van der Waals surface area contributed by atoms with Crippen molar-refractivity contribution in [3.8, 4) is 0 Å². The number of aliphatic hydroxyl groups is 1. The molecular weight excluding hydrogens is 953 g/mol. The normalized spacial score (nSPS) is 16.1. The number of nitrogens with zero attached hydrogens (tertiary/aromatic N) is 3. The Hall–Kier alpha value is -7.35. The number of hydrogen-bond donors (Lipinski definition) is 7. The minimum Gasteiger partial charge on any atom is -0.480 e. The number of amides is 8. The zero-order valence-electron chi connectivity index (χ0n) is 43.4. The van der Waals surface area contributed by atoms with Crippen LogP contribution in [0.1, 0.15) is 89.8 Å². The lowest BCUT2D eigenvalue weighted by Crippen LogP contribution is -2.58. The summed E-state index contributed by atoms with van der Waals surface area (Å²) in [5, 5.41) is 32.3. The van der Waals surface area contributed by atoms with Gasteiger partial charge in [0.2, 0.25) is 41.4 Å². The fraction of sp³-hybridized carbons (Fsp3) is 0.500.